The van der Waals surface area contributed by atoms with Crippen LogP contribution >= 0.6 is 0 Å². The Balaban J connectivity index is 1.82. The van der Waals surface area contributed by atoms with Crippen molar-refractivity contribution in [2.24, 2.45) is 0 Å². The second-order valence-electron chi connectivity index (χ2n) is 8.05. The lowest BCUT2D eigenvalue weighted by Gasteiger charge is -2.20. The number of rotatable bonds is 5. The number of anilines is 1. The van der Waals surface area contributed by atoms with E-state index in [1.54, 1.807) is 69.3 Å². The topological polar surface area (TPSA) is 105 Å². The molecule has 0 heterocycles. The Kier molecular flexibility index (Phi) is 6.34. The first-order chi connectivity index (χ1) is 14.6. The first kappa shape index (κ1) is 22.0. The van der Waals surface area contributed by atoms with E-state index >= 15 is 0 Å². The number of aromatic hydroxyl groups is 2. The van der Waals surface area contributed by atoms with Crippen LogP contribution in [0.3, 0.4) is 0 Å². The van der Waals surface area contributed by atoms with E-state index in [4.69, 9.17) is 9.47 Å². The summed E-state index contributed by atoms with van der Waals surface area (Å²) in [7, 11) is 0. The van der Waals surface area contributed by atoms with Gasteiger partial charge >= 0.3 is 12.1 Å². The fourth-order valence-electron chi connectivity index (χ4n) is 3.04. The van der Waals surface area contributed by atoms with Gasteiger partial charge in [-0.1, -0.05) is 36.4 Å². The molecule has 0 spiro atoms. The van der Waals surface area contributed by atoms with E-state index in [1.165, 1.54) is 6.07 Å². The highest BCUT2D eigenvalue weighted by molar-refractivity contribution is 6.10. The number of fused-ring (bicyclic) bond motifs is 1. The van der Waals surface area contributed by atoms with Crippen LogP contribution in [-0.2, 0) is 15.9 Å². The Morgan fingerprint density at radius 1 is 0.968 bits per heavy atom. The van der Waals surface area contributed by atoms with Gasteiger partial charge in [0.25, 0.3) is 0 Å². The van der Waals surface area contributed by atoms with Gasteiger partial charge in [0.2, 0.25) is 0 Å². The van der Waals surface area contributed by atoms with Gasteiger partial charge < -0.3 is 19.7 Å². The molecule has 162 valence electrons. The molecule has 0 aromatic heterocycles. The minimum absolute atomic E-state index is 0.0541. The highest BCUT2D eigenvalue weighted by Gasteiger charge is 2.21. The summed E-state index contributed by atoms with van der Waals surface area (Å²) >= 11 is 0. The third-order valence-electron chi connectivity index (χ3n) is 4.43. The molecule has 0 aliphatic heterocycles. The van der Waals surface area contributed by atoms with Crippen LogP contribution in [0.2, 0.25) is 0 Å². The van der Waals surface area contributed by atoms with Crippen molar-refractivity contribution < 1.29 is 29.3 Å². The molecule has 3 rings (SSSR count). The van der Waals surface area contributed by atoms with E-state index in [9.17, 15) is 19.8 Å². The molecule has 0 unspecified atom stereocenters. The van der Waals surface area contributed by atoms with Crippen LogP contribution in [0.4, 0.5) is 10.5 Å². The monoisotopic (exact) mass is 423 g/mol. The molecule has 31 heavy (non-hydrogen) atoms. The molecule has 3 aromatic rings. The second-order valence-corrected chi connectivity index (χ2v) is 8.05. The molecule has 7 heteroatoms. The SMILES string of the molecule is CC(C)(C)OC(=O)Nc1cc(C(=O)OCCc2ccc(O)cc2)c2ccccc2c1O. The highest BCUT2D eigenvalue weighted by Crippen LogP contribution is 2.36. The van der Waals surface area contributed by atoms with E-state index in [0.29, 0.717) is 17.2 Å². The second kappa shape index (κ2) is 8.95. The van der Waals surface area contributed by atoms with E-state index in [0.717, 1.165) is 5.56 Å². The van der Waals surface area contributed by atoms with Crippen molar-refractivity contribution in [3.8, 4) is 11.5 Å². The number of carbonyl (C=O) groups excluding carboxylic acids is 2. The summed E-state index contributed by atoms with van der Waals surface area (Å²) in [6, 6.07) is 14.8. The number of carbonyl (C=O) groups is 2. The lowest BCUT2D eigenvalue weighted by Crippen LogP contribution is -2.27. The smallest absolute Gasteiger partial charge is 0.412 e. The lowest BCUT2D eigenvalue weighted by molar-refractivity contribution is 0.0510. The molecule has 7 nitrogen and oxygen atoms in total. The van der Waals surface area contributed by atoms with Gasteiger partial charge in [-0.3, -0.25) is 5.32 Å². The van der Waals surface area contributed by atoms with Gasteiger partial charge in [0, 0.05) is 17.2 Å². The summed E-state index contributed by atoms with van der Waals surface area (Å²) in [5.41, 5.74) is 0.462. The maximum Gasteiger partial charge on any atom is 0.412 e. The Morgan fingerprint density at radius 2 is 1.61 bits per heavy atom. The first-order valence-electron chi connectivity index (χ1n) is 9.84. The third kappa shape index (κ3) is 5.66. The highest BCUT2D eigenvalue weighted by atomic mass is 16.6. The van der Waals surface area contributed by atoms with Crippen LogP contribution in [0.5, 0.6) is 11.5 Å². The number of amides is 1. The molecule has 3 N–H and O–H groups in total. The summed E-state index contributed by atoms with van der Waals surface area (Å²) in [6.07, 6.45) is -0.268. The number of phenols is 2. The number of hydrogen-bond acceptors (Lipinski definition) is 6. The normalized spacial score (nSPS) is 11.2. The quantitative estimate of drug-likeness (QED) is 0.394. The Labute approximate surface area is 180 Å². The van der Waals surface area contributed by atoms with Gasteiger partial charge in [-0.05, 0) is 44.5 Å². The summed E-state index contributed by atoms with van der Waals surface area (Å²) in [6.45, 7) is 5.31. The predicted molar refractivity (Wildman–Crippen MR) is 118 cm³/mol. The predicted octanol–water partition coefficient (Wildman–Crippen LogP) is 5.00. The van der Waals surface area contributed by atoms with Crippen molar-refractivity contribution in [2.75, 3.05) is 11.9 Å². The van der Waals surface area contributed by atoms with Crippen molar-refractivity contribution in [2.45, 2.75) is 32.8 Å². The molecule has 0 fully saturated rings. The zero-order valence-corrected chi connectivity index (χ0v) is 17.6. The molecule has 0 saturated heterocycles. The van der Waals surface area contributed by atoms with Gasteiger partial charge in [-0.25, -0.2) is 9.59 Å². The Morgan fingerprint density at radius 3 is 2.26 bits per heavy atom. The maximum atomic E-state index is 12.8. The molecule has 0 atom stereocenters. The van der Waals surface area contributed by atoms with E-state index in [1.807, 2.05) is 0 Å². The van der Waals surface area contributed by atoms with Crippen molar-refractivity contribution >= 4 is 28.5 Å². The van der Waals surface area contributed by atoms with Crippen LogP contribution in [0.15, 0.2) is 54.6 Å². The van der Waals surface area contributed by atoms with Gasteiger partial charge in [0.15, 0.2) is 0 Å². The first-order valence-corrected chi connectivity index (χ1v) is 9.84. The minimum Gasteiger partial charge on any atom is -0.508 e. The third-order valence-corrected chi connectivity index (χ3v) is 4.43. The average Bonchev–Trinajstić information content (AvgIpc) is 2.70. The van der Waals surface area contributed by atoms with Crippen LogP contribution in [0, 0.1) is 0 Å². The zero-order valence-electron chi connectivity index (χ0n) is 17.6. The van der Waals surface area contributed by atoms with Crippen molar-refractivity contribution in [1.29, 1.82) is 0 Å². The minimum atomic E-state index is -0.746. The van der Waals surface area contributed by atoms with Crippen LogP contribution < -0.4 is 5.32 Å². The summed E-state index contributed by atoms with van der Waals surface area (Å²) < 4.78 is 10.7. The molecule has 1 amide bonds. The van der Waals surface area contributed by atoms with Gasteiger partial charge in [0.1, 0.15) is 17.1 Å². The maximum absolute atomic E-state index is 12.8. The number of phenolic OH excluding ortho intramolecular Hbond substituents is 2. The fraction of sp³-hybridized carbons (Fsp3) is 0.250. The molecular weight excluding hydrogens is 398 g/mol. The van der Waals surface area contributed by atoms with E-state index < -0.39 is 17.7 Å². The fourth-order valence-corrected chi connectivity index (χ4v) is 3.04. The molecule has 0 aliphatic rings. The lowest BCUT2D eigenvalue weighted by atomic mass is 10.0. The molecule has 0 saturated carbocycles. The van der Waals surface area contributed by atoms with Gasteiger partial charge in [-0.15, -0.1) is 0 Å². The van der Waals surface area contributed by atoms with Gasteiger partial charge in [0.05, 0.1) is 17.9 Å². The molecule has 3 aromatic carbocycles. The van der Waals surface area contributed by atoms with E-state index in [-0.39, 0.29) is 29.4 Å². The molecule has 0 aliphatic carbocycles. The van der Waals surface area contributed by atoms with Crippen molar-refractivity contribution in [3.05, 3.63) is 65.7 Å². The molecule has 0 radical (unpaired) electrons. The van der Waals surface area contributed by atoms with E-state index in [2.05, 4.69) is 5.32 Å². The number of esters is 1. The number of benzene rings is 3. The largest absolute Gasteiger partial charge is 0.508 e. The van der Waals surface area contributed by atoms with Gasteiger partial charge in [-0.2, -0.15) is 0 Å². The zero-order chi connectivity index (χ0) is 22.6. The van der Waals surface area contributed by atoms with Crippen molar-refractivity contribution in [1.82, 2.24) is 0 Å². The van der Waals surface area contributed by atoms with Crippen LogP contribution in [-0.4, -0.2) is 34.5 Å². The summed E-state index contributed by atoms with van der Waals surface area (Å²) in [5.74, 6) is -0.578. The standard InChI is InChI=1S/C24H25NO6/c1-24(2,3)31-23(29)25-20-14-19(17-6-4-5-7-18(17)21(20)27)22(28)30-13-12-15-8-10-16(26)11-9-15/h4-11,14,26-27H,12-13H2,1-3H3,(H,25,29). The van der Waals surface area contributed by atoms with Crippen LogP contribution in [0.25, 0.3) is 10.8 Å². The summed E-state index contributed by atoms with van der Waals surface area (Å²) in [4.78, 5) is 25.0. The number of ether oxygens (including phenoxy) is 2. The Hall–Kier alpha value is -3.74. The summed E-state index contributed by atoms with van der Waals surface area (Å²) in [5, 5.41) is 23.4. The average molecular weight is 423 g/mol. The number of hydrogen-bond donors (Lipinski definition) is 3. The van der Waals surface area contributed by atoms with Crippen molar-refractivity contribution in [3.63, 3.8) is 0 Å². The Bertz CT molecular complexity index is 1100. The molecule has 0 bridgehead atoms. The molecular formula is C24H25NO6. The van der Waals surface area contributed by atoms with Crippen LogP contribution in [0.1, 0.15) is 36.7 Å². The number of nitrogens with one attached hydrogen (secondary N) is 1.